The summed E-state index contributed by atoms with van der Waals surface area (Å²) in [6.45, 7) is 0.725. The largest absolute Gasteiger partial charge is 0.435 e. The van der Waals surface area contributed by atoms with E-state index >= 15 is 0 Å². The highest BCUT2D eigenvalue weighted by molar-refractivity contribution is 5.84. The highest BCUT2D eigenvalue weighted by atomic mass is 19.4. The third-order valence-electron chi connectivity index (χ3n) is 3.56. The van der Waals surface area contributed by atoms with Crippen LogP contribution in [0.2, 0.25) is 0 Å². The predicted molar refractivity (Wildman–Crippen MR) is 76.6 cm³/mol. The highest BCUT2D eigenvalue weighted by Crippen LogP contribution is 2.25. The molecule has 0 saturated carbocycles. The number of nitrogens with zero attached hydrogens (tertiary/aromatic N) is 1. The lowest BCUT2D eigenvalue weighted by molar-refractivity contribution is -0.207. The summed E-state index contributed by atoms with van der Waals surface area (Å²) in [7, 11) is 0. The van der Waals surface area contributed by atoms with Crippen LogP contribution in [-0.2, 0) is 4.74 Å². The number of carbonyl (C=O) groups is 1. The van der Waals surface area contributed by atoms with E-state index in [1.807, 2.05) is 0 Å². The number of hydrogen-bond donors (Lipinski definition) is 1. The van der Waals surface area contributed by atoms with E-state index in [2.05, 4.69) is 10.1 Å². The first-order valence-electron chi connectivity index (χ1n) is 7.37. The standard InChI is InChI=1S/C15H18F4N2O2/c16-11-5-4-6-12(9-11)20-14(22)23-13(15(17,18)19)10-21-7-2-1-3-8-21/h4-6,9,13H,1-3,7-8,10H2,(H,20,22)/t13-/m1/s1. The lowest BCUT2D eigenvalue weighted by atomic mass is 10.1. The summed E-state index contributed by atoms with van der Waals surface area (Å²) in [6.07, 6.45) is -5.46. The molecule has 0 radical (unpaired) electrons. The fraction of sp³-hybridized carbons (Fsp3) is 0.533. The van der Waals surface area contributed by atoms with Crippen LogP contribution in [0.25, 0.3) is 0 Å². The van der Waals surface area contributed by atoms with E-state index in [1.165, 1.54) is 12.1 Å². The Morgan fingerprint density at radius 2 is 1.96 bits per heavy atom. The number of hydrogen-bond acceptors (Lipinski definition) is 3. The van der Waals surface area contributed by atoms with E-state index < -0.39 is 24.2 Å². The maximum atomic E-state index is 13.0. The van der Waals surface area contributed by atoms with E-state index in [0.717, 1.165) is 31.4 Å². The zero-order valence-electron chi connectivity index (χ0n) is 12.4. The van der Waals surface area contributed by atoms with Crippen LogP contribution in [0.4, 0.5) is 28.0 Å². The molecule has 1 aliphatic heterocycles. The molecule has 23 heavy (non-hydrogen) atoms. The van der Waals surface area contributed by atoms with Crippen LogP contribution in [0.3, 0.4) is 0 Å². The van der Waals surface area contributed by atoms with Gasteiger partial charge in [-0.2, -0.15) is 13.2 Å². The van der Waals surface area contributed by atoms with Crippen LogP contribution >= 0.6 is 0 Å². The van der Waals surface area contributed by atoms with Gasteiger partial charge < -0.3 is 4.74 Å². The molecule has 0 unspecified atom stereocenters. The Hall–Kier alpha value is -1.83. The van der Waals surface area contributed by atoms with Gasteiger partial charge in [0.2, 0.25) is 6.10 Å². The molecule has 1 amide bonds. The van der Waals surface area contributed by atoms with E-state index in [4.69, 9.17) is 0 Å². The summed E-state index contributed by atoms with van der Waals surface area (Å²) < 4.78 is 56.7. The first kappa shape index (κ1) is 17.5. The van der Waals surface area contributed by atoms with E-state index in [1.54, 1.807) is 4.90 Å². The number of benzene rings is 1. The minimum Gasteiger partial charge on any atom is -0.435 e. The number of piperidine rings is 1. The molecular formula is C15H18F4N2O2. The van der Waals surface area contributed by atoms with Crippen molar-refractivity contribution in [1.29, 1.82) is 0 Å². The predicted octanol–water partition coefficient (Wildman–Crippen LogP) is 3.79. The van der Waals surface area contributed by atoms with Crippen molar-refractivity contribution in [2.75, 3.05) is 25.0 Å². The Labute approximate surface area is 131 Å². The topological polar surface area (TPSA) is 41.6 Å². The number of halogens is 4. The molecule has 1 N–H and O–H groups in total. The monoisotopic (exact) mass is 334 g/mol. The van der Waals surface area contributed by atoms with Crippen molar-refractivity contribution in [3.8, 4) is 0 Å². The van der Waals surface area contributed by atoms with Crippen LogP contribution < -0.4 is 5.32 Å². The van der Waals surface area contributed by atoms with Crippen molar-refractivity contribution in [3.63, 3.8) is 0 Å². The Morgan fingerprint density at radius 1 is 1.26 bits per heavy atom. The molecule has 2 rings (SSSR count). The number of nitrogens with one attached hydrogen (secondary N) is 1. The van der Waals surface area contributed by atoms with Gasteiger partial charge in [-0.1, -0.05) is 12.5 Å². The van der Waals surface area contributed by atoms with Crippen molar-refractivity contribution in [2.45, 2.75) is 31.5 Å². The van der Waals surface area contributed by atoms with Crippen LogP contribution in [0.1, 0.15) is 19.3 Å². The number of amides is 1. The van der Waals surface area contributed by atoms with Gasteiger partial charge in [-0.25, -0.2) is 9.18 Å². The van der Waals surface area contributed by atoms with E-state index in [9.17, 15) is 22.4 Å². The third-order valence-corrected chi connectivity index (χ3v) is 3.56. The zero-order chi connectivity index (χ0) is 16.9. The van der Waals surface area contributed by atoms with Gasteiger partial charge in [0, 0.05) is 12.2 Å². The molecule has 1 atom stereocenters. The van der Waals surface area contributed by atoms with Crippen LogP contribution in [0.5, 0.6) is 0 Å². The van der Waals surface area contributed by atoms with Gasteiger partial charge in [0.15, 0.2) is 0 Å². The van der Waals surface area contributed by atoms with Gasteiger partial charge in [0.05, 0.1) is 0 Å². The van der Waals surface area contributed by atoms with Gasteiger partial charge in [0.25, 0.3) is 0 Å². The second kappa shape index (κ2) is 7.63. The summed E-state index contributed by atoms with van der Waals surface area (Å²) >= 11 is 0. The van der Waals surface area contributed by atoms with Crippen molar-refractivity contribution in [3.05, 3.63) is 30.1 Å². The number of carbonyl (C=O) groups excluding carboxylic acids is 1. The summed E-state index contributed by atoms with van der Waals surface area (Å²) in [6, 6.07) is 4.84. The number of anilines is 1. The van der Waals surface area contributed by atoms with Crippen LogP contribution in [-0.4, -0.2) is 42.9 Å². The van der Waals surface area contributed by atoms with Crippen molar-refractivity contribution in [1.82, 2.24) is 4.90 Å². The van der Waals surface area contributed by atoms with Crippen LogP contribution in [0, 0.1) is 5.82 Å². The summed E-state index contributed by atoms with van der Waals surface area (Å²) in [5, 5.41) is 2.10. The molecule has 128 valence electrons. The molecule has 1 saturated heterocycles. The molecule has 1 fully saturated rings. The Kier molecular flexibility index (Phi) is 5.81. The molecular weight excluding hydrogens is 316 g/mol. The summed E-state index contributed by atoms with van der Waals surface area (Å²) in [5.74, 6) is -0.608. The maximum absolute atomic E-state index is 13.0. The molecule has 0 spiro atoms. The first-order valence-corrected chi connectivity index (χ1v) is 7.37. The number of rotatable bonds is 4. The average Bonchev–Trinajstić information content (AvgIpc) is 2.46. The molecule has 1 heterocycles. The molecule has 4 nitrogen and oxygen atoms in total. The summed E-state index contributed by atoms with van der Waals surface area (Å²) in [4.78, 5) is 13.3. The Morgan fingerprint density at radius 3 is 2.57 bits per heavy atom. The zero-order valence-corrected chi connectivity index (χ0v) is 12.4. The molecule has 1 aromatic carbocycles. The molecule has 0 aliphatic carbocycles. The van der Waals surface area contributed by atoms with Gasteiger partial charge in [-0.15, -0.1) is 0 Å². The lowest BCUT2D eigenvalue weighted by Crippen LogP contribution is -2.46. The average molecular weight is 334 g/mol. The Balaban J connectivity index is 1.95. The first-order chi connectivity index (χ1) is 10.8. The maximum Gasteiger partial charge on any atom is 0.426 e. The smallest absolute Gasteiger partial charge is 0.426 e. The van der Waals surface area contributed by atoms with Crippen molar-refractivity contribution < 1.29 is 27.1 Å². The van der Waals surface area contributed by atoms with E-state index in [-0.39, 0.29) is 12.2 Å². The number of ether oxygens (including phenoxy) is 1. The second-order valence-corrected chi connectivity index (χ2v) is 5.43. The fourth-order valence-electron chi connectivity index (χ4n) is 2.43. The minimum absolute atomic E-state index is 0.0360. The van der Waals surface area contributed by atoms with Gasteiger partial charge >= 0.3 is 12.3 Å². The third kappa shape index (κ3) is 5.70. The molecule has 8 heteroatoms. The van der Waals surface area contributed by atoms with Gasteiger partial charge in [-0.05, 0) is 44.1 Å². The molecule has 1 aliphatic rings. The summed E-state index contributed by atoms with van der Waals surface area (Å²) in [5.41, 5.74) is 0.0360. The van der Waals surface area contributed by atoms with Crippen LogP contribution in [0.15, 0.2) is 24.3 Å². The quantitative estimate of drug-likeness (QED) is 0.852. The van der Waals surface area contributed by atoms with Crippen molar-refractivity contribution >= 4 is 11.8 Å². The Bertz CT molecular complexity index is 530. The normalized spacial score (nSPS) is 17.6. The molecule has 1 aromatic rings. The fourth-order valence-corrected chi connectivity index (χ4v) is 2.43. The minimum atomic E-state index is -4.66. The highest BCUT2D eigenvalue weighted by Gasteiger charge is 2.44. The van der Waals surface area contributed by atoms with Gasteiger partial charge in [0.1, 0.15) is 5.82 Å². The van der Waals surface area contributed by atoms with E-state index in [0.29, 0.717) is 13.1 Å². The lowest BCUT2D eigenvalue weighted by Gasteiger charge is -2.30. The number of likely N-dealkylation sites (tertiary alicyclic amines) is 1. The SMILES string of the molecule is O=C(Nc1cccc(F)c1)O[C@H](CN1CCCCC1)C(F)(F)F. The molecule has 0 bridgehead atoms. The van der Waals surface area contributed by atoms with Gasteiger partial charge in [-0.3, -0.25) is 10.2 Å². The molecule has 0 aromatic heterocycles. The number of alkyl halides is 3. The second-order valence-electron chi connectivity index (χ2n) is 5.43. The van der Waals surface area contributed by atoms with Crippen molar-refractivity contribution in [2.24, 2.45) is 0 Å².